The van der Waals surface area contributed by atoms with Gasteiger partial charge in [-0.05, 0) is 12.0 Å². The van der Waals surface area contributed by atoms with Crippen LogP contribution in [0.2, 0.25) is 0 Å². The zero-order chi connectivity index (χ0) is 12.1. The van der Waals surface area contributed by atoms with Crippen molar-refractivity contribution in [3.8, 4) is 0 Å². The highest BCUT2D eigenvalue weighted by Crippen LogP contribution is 2.52. The second kappa shape index (κ2) is 3.55. The maximum Gasteiger partial charge on any atom is 0.220 e. The first-order valence-corrected chi connectivity index (χ1v) is 6.18. The predicted molar refractivity (Wildman–Crippen MR) is 62.9 cm³/mol. The van der Waals surface area contributed by atoms with E-state index in [0.29, 0.717) is 0 Å². The predicted octanol–water partition coefficient (Wildman–Crippen LogP) is 3.35. The first-order chi connectivity index (χ1) is 8.08. The molecule has 1 saturated heterocycles. The molecule has 0 aromatic heterocycles. The van der Waals surface area contributed by atoms with Crippen molar-refractivity contribution in [3.63, 3.8) is 0 Å². The molecule has 3 nitrogen and oxygen atoms in total. The summed E-state index contributed by atoms with van der Waals surface area (Å²) in [7, 11) is 0. The Kier molecular flexibility index (Phi) is 2.34. The summed E-state index contributed by atoms with van der Waals surface area (Å²) in [5.41, 5.74) is 2.28. The monoisotopic (exact) mass is 234 g/mol. The fraction of sp³-hybridized carbons (Fsp3) is 0.571. The molecule has 0 N–H and O–H groups in total. The minimum absolute atomic E-state index is 0.0741. The molecule has 0 saturated carbocycles. The lowest BCUT2D eigenvalue weighted by atomic mass is 9.76. The largest absolute Gasteiger partial charge is 0.310 e. The van der Waals surface area contributed by atoms with Crippen molar-refractivity contribution in [1.82, 2.24) is 0 Å². The third-order valence-electron chi connectivity index (χ3n) is 4.21. The molecule has 2 atom stereocenters. The number of benzene rings is 1. The van der Waals surface area contributed by atoms with Gasteiger partial charge in [-0.25, -0.2) is 0 Å². The van der Waals surface area contributed by atoms with E-state index in [9.17, 15) is 0 Å². The van der Waals surface area contributed by atoms with Crippen molar-refractivity contribution in [3.05, 3.63) is 35.4 Å². The Morgan fingerprint density at radius 3 is 2.88 bits per heavy atom. The van der Waals surface area contributed by atoms with E-state index in [-0.39, 0.29) is 11.7 Å². The molecule has 0 radical (unpaired) electrons. The average Bonchev–Trinajstić information content (AvgIpc) is 2.70. The number of ether oxygens (including phenoxy) is 1. The van der Waals surface area contributed by atoms with Crippen molar-refractivity contribution in [2.24, 2.45) is 5.41 Å². The first-order valence-electron chi connectivity index (χ1n) is 6.18. The number of fused-ring (bicyclic) bond motifs is 4. The summed E-state index contributed by atoms with van der Waals surface area (Å²) in [5, 5.41) is 0. The Labute approximate surface area is 102 Å². The van der Waals surface area contributed by atoms with Crippen LogP contribution in [-0.4, -0.2) is 5.79 Å². The van der Waals surface area contributed by atoms with Crippen molar-refractivity contribution in [1.29, 1.82) is 0 Å². The highest BCUT2D eigenvalue weighted by atomic mass is 17.3. The van der Waals surface area contributed by atoms with Crippen LogP contribution in [0.15, 0.2) is 24.3 Å². The topological polar surface area (TPSA) is 27.7 Å². The molecular weight excluding hydrogens is 216 g/mol. The average molecular weight is 234 g/mol. The third-order valence-corrected chi connectivity index (χ3v) is 4.21. The van der Waals surface area contributed by atoms with Crippen LogP contribution in [0.25, 0.3) is 0 Å². The molecule has 0 aliphatic carbocycles. The fourth-order valence-corrected chi connectivity index (χ4v) is 2.48. The van der Waals surface area contributed by atoms with E-state index >= 15 is 0 Å². The second-order valence-corrected chi connectivity index (χ2v) is 5.50. The Morgan fingerprint density at radius 1 is 1.35 bits per heavy atom. The summed E-state index contributed by atoms with van der Waals surface area (Å²) in [6.45, 7) is 6.47. The molecule has 2 heterocycles. The third kappa shape index (κ3) is 1.46. The van der Waals surface area contributed by atoms with Crippen LogP contribution >= 0.6 is 0 Å². The zero-order valence-corrected chi connectivity index (χ0v) is 10.5. The molecule has 1 aromatic rings. The molecule has 0 spiro atoms. The van der Waals surface area contributed by atoms with E-state index in [2.05, 4.69) is 32.9 Å². The van der Waals surface area contributed by atoms with Gasteiger partial charge in [0.1, 0.15) is 0 Å². The van der Waals surface area contributed by atoms with Crippen molar-refractivity contribution >= 4 is 0 Å². The van der Waals surface area contributed by atoms with Gasteiger partial charge in [-0.1, -0.05) is 45.0 Å². The van der Waals surface area contributed by atoms with Crippen molar-refractivity contribution < 1.29 is 14.5 Å². The number of hydrogen-bond donors (Lipinski definition) is 0. The minimum Gasteiger partial charge on any atom is -0.310 e. The Balaban J connectivity index is 2.04. The van der Waals surface area contributed by atoms with Gasteiger partial charge in [0.15, 0.2) is 0 Å². The quantitative estimate of drug-likeness (QED) is 0.734. The van der Waals surface area contributed by atoms with Gasteiger partial charge >= 0.3 is 0 Å². The maximum atomic E-state index is 6.02. The molecule has 3 rings (SSSR count). The molecule has 1 aromatic carbocycles. The molecule has 2 aliphatic heterocycles. The molecule has 17 heavy (non-hydrogen) atoms. The van der Waals surface area contributed by atoms with Crippen molar-refractivity contribution in [2.45, 2.75) is 45.7 Å². The summed E-state index contributed by atoms with van der Waals surface area (Å²) in [5.74, 6) is -0.638. The SMILES string of the molecule is CCC(C)(C)[C@]12Cc3ccccc3[C@H](OO1)O2. The Hall–Kier alpha value is -0.900. The maximum absolute atomic E-state index is 6.02. The van der Waals surface area contributed by atoms with Gasteiger partial charge in [0, 0.05) is 17.4 Å². The van der Waals surface area contributed by atoms with Gasteiger partial charge in [-0.3, -0.25) is 0 Å². The lowest BCUT2D eigenvalue weighted by Gasteiger charge is -2.41. The van der Waals surface area contributed by atoms with Crippen molar-refractivity contribution in [2.75, 3.05) is 0 Å². The first kappa shape index (κ1) is 11.2. The van der Waals surface area contributed by atoms with Gasteiger partial charge < -0.3 is 4.74 Å². The van der Waals surface area contributed by atoms with E-state index in [4.69, 9.17) is 14.5 Å². The van der Waals surface area contributed by atoms with Gasteiger partial charge in [0.05, 0.1) is 0 Å². The lowest BCUT2D eigenvalue weighted by Crippen LogP contribution is -2.48. The van der Waals surface area contributed by atoms with E-state index in [1.54, 1.807) is 0 Å². The minimum atomic E-state index is -0.638. The van der Waals surface area contributed by atoms with Crippen LogP contribution in [0.3, 0.4) is 0 Å². The summed E-state index contributed by atoms with van der Waals surface area (Å²) in [6, 6.07) is 8.22. The van der Waals surface area contributed by atoms with Crippen LogP contribution in [-0.2, 0) is 20.9 Å². The zero-order valence-electron chi connectivity index (χ0n) is 10.5. The van der Waals surface area contributed by atoms with Gasteiger partial charge in [-0.2, -0.15) is 9.78 Å². The normalized spacial score (nSPS) is 31.4. The summed E-state index contributed by atoms with van der Waals surface area (Å²) < 4.78 is 6.02. The number of hydrogen-bond acceptors (Lipinski definition) is 3. The molecule has 2 bridgehead atoms. The van der Waals surface area contributed by atoms with Crippen LogP contribution < -0.4 is 0 Å². The van der Waals surface area contributed by atoms with E-state index < -0.39 is 5.79 Å². The highest BCUT2D eigenvalue weighted by Gasteiger charge is 2.57. The number of rotatable bonds is 2. The van der Waals surface area contributed by atoms with Gasteiger partial charge in [-0.15, -0.1) is 0 Å². The molecule has 92 valence electrons. The molecular formula is C14H18O3. The molecule has 2 aliphatic rings. The standard InChI is InChI=1S/C14H18O3/c1-4-13(2,3)14-9-10-7-5-6-8-11(10)12(15-14)16-17-14/h5-8,12H,4,9H2,1-3H3/t12-,14-/m0/s1. The van der Waals surface area contributed by atoms with Crippen LogP contribution in [0.1, 0.15) is 44.6 Å². The summed E-state index contributed by atoms with van der Waals surface area (Å²) >= 11 is 0. The van der Waals surface area contributed by atoms with Crippen LogP contribution in [0, 0.1) is 5.41 Å². The molecule has 0 unspecified atom stereocenters. The summed E-state index contributed by atoms with van der Waals surface area (Å²) in [6.07, 6.45) is 1.36. The molecule has 0 amide bonds. The molecule has 1 fully saturated rings. The van der Waals surface area contributed by atoms with Gasteiger partial charge in [0.2, 0.25) is 12.1 Å². The lowest BCUT2D eigenvalue weighted by molar-refractivity contribution is -0.355. The van der Waals surface area contributed by atoms with E-state index in [0.717, 1.165) is 18.4 Å². The fourth-order valence-electron chi connectivity index (χ4n) is 2.48. The van der Waals surface area contributed by atoms with E-state index in [1.165, 1.54) is 5.56 Å². The van der Waals surface area contributed by atoms with E-state index in [1.807, 2.05) is 12.1 Å². The highest BCUT2D eigenvalue weighted by molar-refractivity contribution is 5.32. The molecule has 3 heteroatoms. The van der Waals surface area contributed by atoms with Crippen LogP contribution in [0.5, 0.6) is 0 Å². The second-order valence-electron chi connectivity index (χ2n) is 5.50. The smallest absolute Gasteiger partial charge is 0.220 e. The van der Waals surface area contributed by atoms with Crippen LogP contribution in [0.4, 0.5) is 0 Å². The Bertz CT molecular complexity index is 441. The summed E-state index contributed by atoms with van der Waals surface area (Å²) in [4.78, 5) is 11.0. The Morgan fingerprint density at radius 2 is 2.12 bits per heavy atom. The van der Waals surface area contributed by atoms with Gasteiger partial charge in [0.25, 0.3) is 0 Å².